The number of piperidine rings is 1. The van der Waals surface area contributed by atoms with Gasteiger partial charge in [-0.1, -0.05) is 18.2 Å². The highest BCUT2D eigenvalue weighted by Crippen LogP contribution is 2.51. The number of para-hydroxylation sites is 1. The van der Waals surface area contributed by atoms with Gasteiger partial charge in [-0.3, -0.25) is 9.59 Å². The molecule has 1 spiro atoms. The van der Waals surface area contributed by atoms with Crippen LogP contribution in [0.15, 0.2) is 29.1 Å². The van der Waals surface area contributed by atoms with E-state index in [1.54, 1.807) is 4.90 Å². The van der Waals surface area contributed by atoms with Gasteiger partial charge in [-0.2, -0.15) is 0 Å². The number of hydrogen-bond acceptors (Lipinski definition) is 4. The maximum absolute atomic E-state index is 13.1. The molecule has 1 aromatic carbocycles. The van der Waals surface area contributed by atoms with E-state index in [4.69, 9.17) is 4.74 Å². The van der Waals surface area contributed by atoms with Crippen molar-refractivity contribution < 1.29 is 14.6 Å². The molecule has 2 aromatic rings. The summed E-state index contributed by atoms with van der Waals surface area (Å²) < 4.78 is 5.79. The van der Waals surface area contributed by atoms with Gasteiger partial charge in [0.25, 0.3) is 11.5 Å². The number of pyridine rings is 1. The number of aliphatic hydroxyl groups excluding tert-OH is 1. The van der Waals surface area contributed by atoms with Gasteiger partial charge >= 0.3 is 0 Å². The van der Waals surface area contributed by atoms with E-state index in [0.717, 1.165) is 16.5 Å². The van der Waals surface area contributed by atoms with Gasteiger partial charge < -0.3 is 19.7 Å². The van der Waals surface area contributed by atoms with Crippen LogP contribution in [0.4, 0.5) is 0 Å². The number of nitrogens with zero attached hydrogens (tertiary/aromatic N) is 1. The molecule has 2 unspecified atom stereocenters. The van der Waals surface area contributed by atoms with E-state index in [2.05, 4.69) is 4.98 Å². The summed E-state index contributed by atoms with van der Waals surface area (Å²) in [6, 6.07) is 7.52. The van der Waals surface area contributed by atoms with Gasteiger partial charge in [0.2, 0.25) is 0 Å². The maximum Gasteiger partial charge on any atom is 0.261 e. The molecule has 2 atom stereocenters. The Kier molecular flexibility index (Phi) is 4.56. The van der Waals surface area contributed by atoms with E-state index >= 15 is 0 Å². The fourth-order valence-corrected chi connectivity index (χ4v) is 4.77. The third-order valence-corrected chi connectivity index (χ3v) is 6.49. The minimum atomic E-state index is -0.364. The molecule has 4 rings (SSSR count). The number of aryl methyl sites for hydroxylation is 1. The topological polar surface area (TPSA) is 82.6 Å². The third kappa shape index (κ3) is 2.78. The van der Waals surface area contributed by atoms with Gasteiger partial charge in [-0.05, 0) is 38.3 Å². The standard InChI is InChI=1S/C21H26N2O4/c1-3-27-17-12-16(24)21(17)8-10-23(11-9-21)20(26)18-13(2)14-6-4-5-7-15(14)22-19(18)25/h4-7,16-17,24H,3,8-12H2,1-2H3,(H,22,25). The minimum Gasteiger partial charge on any atom is -0.392 e. The molecule has 1 saturated carbocycles. The fourth-order valence-electron chi connectivity index (χ4n) is 4.77. The van der Waals surface area contributed by atoms with E-state index in [1.165, 1.54) is 0 Å². The lowest BCUT2D eigenvalue weighted by Gasteiger charge is -2.56. The fraction of sp³-hybridized carbons (Fsp3) is 0.524. The van der Waals surface area contributed by atoms with E-state index in [-0.39, 0.29) is 34.7 Å². The lowest BCUT2D eigenvalue weighted by molar-refractivity contribution is -0.207. The first kappa shape index (κ1) is 18.2. The summed E-state index contributed by atoms with van der Waals surface area (Å²) in [6.45, 7) is 5.49. The summed E-state index contributed by atoms with van der Waals surface area (Å²) in [5.74, 6) is -0.226. The predicted octanol–water partition coefficient (Wildman–Crippen LogP) is 2.23. The number of aromatic amines is 1. The second-order valence-corrected chi connectivity index (χ2v) is 7.72. The Labute approximate surface area is 158 Å². The smallest absolute Gasteiger partial charge is 0.261 e. The van der Waals surface area contributed by atoms with E-state index in [9.17, 15) is 14.7 Å². The summed E-state index contributed by atoms with van der Waals surface area (Å²) in [4.78, 5) is 30.2. The molecule has 2 N–H and O–H groups in total. The zero-order valence-corrected chi connectivity index (χ0v) is 15.8. The lowest BCUT2D eigenvalue weighted by atomic mass is 9.58. The maximum atomic E-state index is 13.1. The van der Waals surface area contributed by atoms with Crippen molar-refractivity contribution in [3.63, 3.8) is 0 Å². The molecule has 1 saturated heterocycles. The van der Waals surface area contributed by atoms with Crippen molar-refractivity contribution in [2.24, 2.45) is 5.41 Å². The highest BCUT2D eigenvalue weighted by Gasteiger charge is 2.56. The summed E-state index contributed by atoms with van der Waals surface area (Å²) in [7, 11) is 0. The Hall–Kier alpha value is -2.18. The molecule has 0 bridgehead atoms. The third-order valence-electron chi connectivity index (χ3n) is 6.49. The first-order chi connectivity index (χ1) is 13.0. The predicted molar refractivity (Wildman–Crippen MR) is 103 cm³/mol. The molecule has 1 aliphatic carbocycles. The Morgan fingerprint density at radius 3 is 2.70 bits per heavy atom. The molecule has 1 aromatic heterocycles. The van der Waals surface area contributed by atoms with Gasteiger partial charge in [0.1, 0.15) is 5.56 Å². The SMILES string of the molecule is CCOC1CC(O)C12CCN(C(=O)c1c(C)c3ccccc3[nH]c1=O)CC2. The van der Waals surface area contributed by atoms with Crippen molar-refractivity contribution in [2.45, 2.75) is 45.3 Å². The first-order valence-corrected chi connectivity index (χ1v) is 9.68. The van der Waals surface area contributed by atoms with Gasteiger partial charge in [0, 0.05) is 42.4 Å². The molecular formula is C21H26N2O4. The highest BCUT2D eigenvalue weighted by atomic mass is 16.5. The van der Waals surface area contributed by atoms with Gasteiger partial charge in [0.05, 0.1) is 12.2 Å². The van der Waals surface area contributed by atoms with Crippen molar-refractivity contribution in [3.05, 3.63) is 45.7 Å². The number of rotatable bonds is 3. The average molecular weight is 370 g/mol. The van der Waals surface area contributed by atoms with Crippen molar-refractivity contribution in [1.82, 2.24) is 9.88 Å². The number of H-pyrrole nitrogens is 1. The number of fused-ring (bicyclic) bond motifs is 1. The van der Waals surface area contributed by atoms with E-state index in [1.807, 2.05) is 38.1 Å². The van der Waals surface area contributed by atoms with Crippen LogP contribution < -0.4 is 5.56 Å². The molecule has 2 heterocycles. The number of likely N-dealkylation sites (tertiary alicyclic amines) is 1. The van der Waals surface area contributed by atoms with E-state index in [0.29, 0.717) is 39.0 Å². The summed E-state index contributed by atoms with van der Waals surface area (Å²) in [5.41, 5.74) is 1.10. The zero-order valence-electron chi connectivity index (χ0n) is 15.8. The Morgan fingerprint density at radius 1 is 1.33 bits per heavy atom. The number of carbonyl (C=O) groups is 1. The number of aliphatic hydroxyl groups is 1. The Bertz CT molecular complexity index is 925. The van der Waals surface area contributed by atoms with Crippen LogP contribution in [-0.2, 0) is 4.74 Å². The second-order valence-electron chi connectivity index (χ2n) is 7.72. The molecule has 27 heavy (non-hydrogen) atoms. The second kappa shape index (κ2) is 6.77. The van der Waals surface area contributed by atoms with Gasteiger partial charge in [-0.25, -0.2) is 0 Å². The van der Waals surface area contributed by atoms with Crippen LogP contribution in [0.2, 0.25) is 0 Å². The minimum absolute atomic E-state index is 0.0700. The summed E-state index contributed by atoms with van der Waals surface area (Å²) in [5, 5.41) is 11.2. The highest BCUT2D eigenvalue weighted by molar-refractivity contribution is 5.99. The number of nitrogens with one attached hydrogen (secondary N) is 1. The average Bonchev–Trinajstić information content (AvgIpc) is 2.68. The molecule has 1 aliphatic heterocycles. The normalized spacial score (nSPS) is 24.2. The summed E-state index contributed by atoms with van der Waals surface area (Å²) >= 11 is 0. The van der Waals surface area contributed by atoms with Gasteiger partial charge in [-0.15, -0.1) is 0 Å². The Morgan fingerprint density at radius 2 is 2.04 bits per heavy atom. The molecule has 2 aliphatic rings. The van der Waals surface area contributed by atoms with Crippen molar-refractivity contribution in [2.75, 3.05) is 19.7 Å². The molecule has 6 heteroatoms. The Balaban J connectivity index is 1.57. The quantitative estimate of drug-likeness (QED) is 0.868. The van der Waals surface area contributed by atoms with Crippen LogP contribution in [0.25, 0.3) is 10.9 Å². The van der Waals surface area contributed by atoms with Crippen LogP contribution in [0, 0.1) is 12.3 Å². The molecule has 2 fully saturated rings. The largest absolute Gasteiger partial charge is 0.392 e. The van der Waals surface area contributed by atoms with Crippen LogP contribution in [0.5, 0.6) is 0 Å². The number of ether oxygens (including phenoxy) is 1. The van der Waals surface area contributed by atoms with Crippen molar-refractivity contribution >= 4 is 16.8 Å². The van der Waals surface area contributed by atoms with Crippen molar-refractivity contribution in [3.8, 4) is 0 Å². The lowest BCUT2D eigenvalue weighted by Crippen LogP contribution is -2.62. The summed E-state index contributed by atoms with van der Waals surface area (Å²) in [6.07, 6.45) is 1.78. The number of amides is 1. The zero-order chi connectivity index (χ0) is 19.2. The molecular weight excluding hydrogens is 344 g/mol. The molecule has 0 radical (unpaired) electrons. The first-order valence-electron chi connectivity index (χ1n) is 9.68. The number of carbonyl (C=O) groups excluding carboxylic acids is 1. The monoisotopic (exact) mass is 370 g/mol. The van der Waals surface area contributed by atoms with E-state index < -0.39 is 0 Å². The number of hydrogen-bond donors (Lipinski definition) is 2. The number of benzene rings is 1. The number of aromatic nitrogens is 1. The van der Waals surface area contributed by atoms with Gasteiger partial charge in [0.15, 0.2) is 0 Å². The van der Waals surface area contributed by atoms with Crippen LogP contribution >= 0.6 is 0 Å². The van der Waals surface area contributed by atoms with Crippen LogP contribution in [0.1, 0.15) is 42.1 Å². The van der Waals surface area contributed by atoms with Crippen LogP contribution in [-0.4, -0.2) is 52.8 Å². The van der Waals surface area contributed by atoms with Crippen molar-refractivity contribution in [1.29, 1.82) is 0 Å². The molecule has 6 nitrogen and oxygen atoms in total. The molecule has 144 valence electrons. The van der Waals surface area contributed by atoms with Crippen LogP contribution in [0.3, 0.4) is 0 Å². The molecule has 1 amide bonds.